The standard InChI is InChI=1S/C11H13F2NO3S/c1-7(2)14-11(15)6-18(16,17)8-3-4-9(12)10(13)5-8/h3-5,7H,6H2,1-2H3,(H,14,15). The van der Waals surface area contributed by atoms with Gasteiger partial charge in [-0.15, -0.1) is 0 Å². The number of carbonyl (C=O) groups excluding carboxylic acids is 1. The Hall–Kier alpha value is -1.50. The molecule has 0 aliphatic rings. The van der Waals surface area contributed by atoms with E-state index >= 15 is 0 Å². The summed E-state index contributed by atoms with van der Waals surface area (Å²) in [5.74, 6) is -3.88. The second-order valence-corrected chi connectivity index (χ2v) is 6.05. The third-order valence-electron chi connectivity index (χ3n) is 2.02. The highest BCUT2D eigenvalue weighted by Crippen LogP contribution is 2.15. The Morgan fingerprint density at radius 1 is 1.28 bits per heavy atom. The molecule has 4 nitrogen and oxygen atoms in total. The molecular formula is C11H13F2NO3S. The van der Waals surface area contributed by atoms with Crippen LogP contribution < -0.4 is 5.32 Å². The number of rotatable bonds is 4. The average Bonchev–Trinajstić information content (AvgIpc) is 2.19. The van der Waals surface area contributed by atoms with Crippen molar-refractivity contribution in [3.8, 4) is 0 Å². The lowest BCUT2D eigenvalue weighted by molar-refractivity contribution is -0.119. The molecule has 1 rings (SSSR count). The fraction of sp³-hybridized carbons (Fsp3) is 0.364. The number of halogens is 2. The number of amides is 1. The molecule has 1 aromatic carbocycles. The number of sulfone groups is 1. The van der Waals surface area contributed by atoms with Crippen molar-refractivity contribution in [2.45, 2.75) is 24.8 Å². The van der Waals surface area contributed by atoms with Crippen LogP contribution in [0.3, 0.4) is 0 Å². The first-order chi connectivity index (χ1) is 8.22. The van der Waals surface area contributed by atoms with Gasteiger partial charge in [0.15, 0.2) is 21.5 Å². The van der Waals surface area contributed by atoms with Crippen LogP contribution in [-0.2, 0) is 14.6 Å². The van der Waals surface area contributed by atoms with Crippen molar-refractivity contribution < 1.29 is 22.0 Å². The molecular weight excluding hydrogens is 264 g/mol. The van der Waals surface area contributed by atoms with Crippen LogP contribution in [0.5, 0.6) is 0 Å². The summed E-state index contributed by atoms with van der Waals surface area (Å²) in [6, 6.07) is 2.00. The molecule has 0 radical (unpaired) electrons. The molecule has 1 amide bonds. The van der Waals surface area contributed by atoms with E-state index in [0.717, 1.165) is 6.07 Å². The predicted molar refractivity (Wildman–Crippen MR) is 61.7 cm³/mol. The highest BCUT2D eigenvalue weighted by Gasteiger charge is 2.21. The number of nitrogens with one attached hydrogen (secondary N) is 1. The summed E-state index contributed by atoms with van der Waals surface area (Å²) in [6.07, 6.45) is 0. The van der Waals surface area contributed by atoms with Gasteiger partial charge >= 0.3 is 0 Å². The molecule has 0 aliphatic carbocycles. The third kappa shape index (κ3) is 3.76. The predicted octanol–water partition coefficient (Wildman–Crippen LogP) is 1.26. The summed E-state index contributed by atoms with van der Waals surface area (Å²) >= 11 is 0. The summed E-state index contributed by atoms with van der Waals surface area (Å²) in [5, 5.41) is 2.41. The zero-order valence-electron chi connectivity index (χ0n) is 9.91. The SMILES string of the molecule is CC(C)NC(=O)CS(=O)(=O)c1ccc(F)c(F)c1. The molecule has 100 valence electrons. The zero-order valence-corrected chi connectivity index (χ0v) is 10.7. The number of carbonyl (C=O) groups is 1. The zero-order chi connectivity index (χ0) is 13.9. The number of benzene rings is 1. The second kappa shape index (κ2) is 5.43. The summed E-state index contributed by atoms with van der Waals surface area (Å²) in [6.45, 7) is 3.37. The Morgan fingerprint density at radius 3 is 2.39 bits per heavy atom. The maximum atomic E-state index is 12.9. The summed E-state index contributed by atoms with van der Waals surface area (Å²) in [7, 11) is -3.96. The van der Waals surface area contributed by atoms with Crippen LogP contribution in [0.4, 0.5) is 8.78 Å². The van der Waals surface area contributed by atoms with Crippen molar-refractivity contribution in [2.24, 2.45) is 0 Å². The minimum atomic E-state index is -3.96. The Balaban J connectivity index is 2.93. The van der Waals surface area contributed by atoms with Crippen LogP contribution >= 0.6 is 0 Å². The van der Waals surface area contributed by atoms with E-state index in [1.54, 1.807) is 13.8 Å². The van der Waals surface area contributed by atoms with E-state index in [1.807, 2.05) is 0 Å². The lowest BCUT2D eigenvalue weighted by atomic mass is 10.3. The first kappa shape index (κ1) is 14.6. The van der Waals surface area contributed by atoms with E-state index in [1.165, 1.54) is 0 Å². The number of hydrogen-bond donors (Lipinski definition) is 1. The normalized spacial score (nSPS) is 11.6. The minimum absolute atomic E-state index is 0.197. The van der Waals surface area contributed by atoms with Gasteiger partial charge in [-0.2, -0.15) is 0 Å². The van der Waals surface area contributed by atoms with Crippen LogP contribution in [0.2, 0.25) is 0 Å². The van der Waals surface area contributed by atoms with Crippen LogP contribution in [0.1, 0.15) is 13.8 Å². The van der Waals surface area contributed by atoms with Crippen LogP contribution in [-0.4, -0.2) is 26.1 Å². The molecule has 1 N–H and O–H groups in total. The molecule has 0 heterocycles. The van der Waals surface area contributed by atoms with Gasteiger partial charge in [0.1, 0.15) is 5.75 Å². The van der Waals surface area contributed by atoms with Gasteiger partial charge in [-0.1, -0.05) is 0 Å². The van der Waals surface area contributed by atoms with E-state index < -0.39 is 38.0 Å². The summed E-state index contributed by atoms with van der Waals surface area (Å²) in [5.41, 5.74) is 0. The van der Waals surface area contributed by atoms with Gasteiger partial charge in [-0.3, -0.25) is 4.79 Å². The van der Waals surface area contributed by atoms with Crippen LogP contribution in [0.15, 0.2) is 23.1 Å². The Morgan fingerprint density at radius 2 is 1.89 bits per heavy atom. The smallest absolute Gasteiger partial charge is 0.235 e. The van der Waals surface area contributed by atoms with E-state index in [0.29, 0.717) is 12.1 Å². The first-order valence-electron chi connectivity index (χ1n) is 5.19. The second-order valence-electron chi connectivity index (χ2n) is 4.06. The summed E-state index contributed by atoms with van der Waals surface area (Å²) in [4.78, 5) is 10.9. The lowest BCUT2D eigenvalue weighted by Gasteiger charge is -2.09. The fourth-order valence-electron chi connectivity index (χ4n) is 1.29. The topological polar surface area (TPSA) is 63.2 Å². The van der Waals surface area contributed by atoms with Gasteiger partial charge in [0.05, 0.1) is 4.90 Å². The minimum Gasteiger partial charge on any atom is -0.353 e. The molecule has 0 saturated heterocycles. The van der Waals surface area contributed by atoms with E-state index in [-0.39, 0.29) is 6.04 Å². The first-order valence-corrected chi connectivity index (χ1v) is 6.85. The molecule has 18 heavy (non-hydrogen) atoms. The molecule has 1 aromatic rings. The Kier molecular flexibility index (Phi) is 4.39. The van der Waals surface area contributed by atoms with Crippen molar-refractivity contribution in [2.75, 3.05) is 5.75 Å². The van der Waals surface area contributed by atoms with Crippen molar-refractivity contribution in [3.05, 3.63) is 29.8 Å². The molecule has 0 saturated carbocycles. The van der Waals surface area contributed by atoms with E-state index in [4.69, 9.17) is 0 Å². The van der Waals surface area contributed by atoms with Gasteiger partial charge < -0.3 is 5.32 Å². The van der Waals surface area contributed by atoms with E-state index in [2.05, 4.69) is 5.32 Å². The van der Waals surface area contributed by atoms with Gasteiger partial charge in [0, 0.05) is 6.04 Å². The van der Waals surface area contributed by atoms with E-state index in [9.17, 15) is 22.0 Å². The molecule has 0 aromatic heterocycles. The Bertz CT molecular complexity index is 555. The van der Waals surface area contributed by atoms with Crippen molar-refractivity contribution in [1.29, 1.82) is 0 Å². The quantitative estimate of drug-likeness (QED) is 0.843. The van der Waals surface area contributed by atoms with Crippen LogP contribution in [0, 0.1) is 11.6 Å². The molecule has 0 bridgehead atoms. The van der Waals surface area contributed by atoms with Crippen molar-refractivity contribution in [1.82, 2.24) is 5.32 Å². The highest BCUT2D eigenvalue weighted by atomic mass is 32.2. The van der Waals surface area contributed by atoms with Gasteiger partial charge in [-0.05, 0) is 32.0 Å². The maximum absolute atomic E-state index is 12.9. The molecule has 0 unspecified atom stereocenters. The van der Waals surface area contributed by atoms with Gasteiger partial charge in [0.25, 0.3) is 0 Å². The molecule has 0 aliphatic heterocycles. The van der Waals surface area contributed by atoms with Crippen LogP contribution in [0.25, 0.3) is 0 Å². The van der Waals surface area contributed by atoms with Gasteiger partial charge in [-0.25, -0.2) is 17.2 Å². The van der Waals surface area contributed by atoms with Crippen molar-refractivity contribution in [3.63, 3.8) is 0 Å². The lowest BCUT2D eigenvalue weighted by Crippen LogP contribution is -2.35. The molecule has 0 atom stereocenters. The monoisotopic (exact) mass is 277 g/mol. The maximum Gasteiger partial charge on any atom is 0.235 e. The largest absolute Gasteiger partial charge is 0.353 e. The Labute approximate surface area is 104 Å². The molecule has 7 heteroatoms. The third-order valence-corrected chi connectivity index (χ3v) is 3.64. The molecule has 0 fully saturated rings. The number of hydrogen-bond acceptors (Lipinski definition) is 3. The van der Waals surface area contributed by atoms with Crippen molar-refractivity contribution >= 4 is 15.7 Å². The fourth-order valence-corrected chi connectivity index (χ4v) is 2.44. The highest BCUT2D eigenvalue weighted by molar-refractivity contribution is 7.92. The molecule has 0 spiro atoms. The average molecular weight is 277 g/mol. The summed E-state index contributed by atoms with van der Waals surface area (Å²) < 4.78 is 49.1. The van der Waals surface area contributed by atoms with Gasteiger partial charge in [0.2, 0.25) is 5.91 Å².